The van der Waals surface area contributed by atoms with Gasteiger partial charge in [0.15, 0.2) is 5.82 Å². The lowest BCUT2D eigenvalue weighted by Crippen LogP contribution is -2.15. The predicted octanol–water partition coefficient (Wildman–Crippen LogP) is 12.6. The molecule has 0 amide bonds. The Morgan fingerprint density at radius 2 is 1.21 bits per heavy atom. The maximum atomic E-state index is 15.6. The monoisotopic (exact) mass is 674 g/mol. The standard InChI is InChI=1S/C48H32F2N2/c1-29-22-39(25-35-10-4-5-11-40(29)35)46-28-45(51-47(52-46)37-19-16-30-8-2-3-9-32(30)23-37)36-18-15-31-14-17-33(24-38(31)26-36)34-20-21-42-41-12-6-7-13-43(41)48(49,50)44(42)27-34/h2-29,40H,1H3. The number of hydrogen-bond donors (Lipinski definition) is 0. The zero-order valence-electron chi connectivity index (χ0n) is 28.4. The lowest BCUT2D eigenvalue weighted by molar-refractivity contribution is 0.0480. The number of aromatic nitrogens is 2. The summed E-state index contributed by atoms with van der Waals surface area (Å²) in [6, 6.07) is 41.5. The number of nitrogens with zero attached hydrogens (tertiary/aromatic N) is 2. The number of allylic oxidation sites excluding steroid dienone is 8. The van der Waals surface area contributed by atoms with Crippen molar-refractivity contribution in [3.05, 3.63) is 186 Å². The maximum Gasteiger partial charge on any atom is 0.299 e. The Morgan fingerprint density at radius 3 is 2.10 bits per heavy atom. The van der Waals surface area contributed by atoms with Gasteiger partial charge in [-0.25, -0.2) is 9.97 Å². The summed E-state index contributed by atoms with van der Waals surface area (Å²) in [7, 11) is 0. The molecule has 1 aromatic heterocycles. The second-order valence-electron chi connectivity index (χ2n) is 14.1. The van der Waals surface area contributed by atoms with E-state index in [2.05, 4.69) is 116 Å². The van der Waals surface area contributed by atoms with Crippen molar-refractivity contribution >= 4 is 27.1 Å². The van der Waals surface area contributed by atoms with E-state index in [0.29, 0.717) is 28.8 Å². The van der Waals surface area contributed by atoms with Crippen molar-refractivity contribution < 1.29 is 8.78 Å². The van der Waals surface area contributed by atoms with Crippen LogP contribution in [-0.2, 0) is 5.92 Å². The van der Waals surface area contributed by atoms with Crippen LogP contribution in [0.5, 0.6) is 0 Å². The Balaban J connectivity index is 1.09. The molecule has 1 heterocycles. The van der Waals surface area contributed by atoms with Crippen molar-refractivity contribution in [3.63, 3.8) is 0 Å². The summed E-state index contributed by atoms with van der Waals surface area (Å²) in [6.45, 7) is 2.26. The number of hydrogen-bond acceptors (Lipinski definition) is 2. The molecule has 6 aromatic carbocycles. The van der Waals surface area contributed by atoms with E-state index in [1.807, 2.05) is 30.3 Å². The van der Waals surface area contributed by atoms with E-state index in [-0.39, 0.29) is 11.1 Å². The van der Waals surface area contributed by atoms with E-state index in [1.165, 1.54) is 17.0 Å². The summed E-state index contributed by atoms with van der Waals surface area (Å²) < 4.78 is 31.2. The number of halogens is 2. The highest BCUT2D eigenvalue weighted by Gasteiger charge is 2.44. The Morgan fingerprint density at radius 1 is 0.558 bits per heavy atom. The smallest absolute Gasteiger partial charge is 0.228 e. The van der Waals surface area contributed by atoms with E-state index >= 15 is 8.78 Å². The topological polar surface area (TPSA) is 25.8 Å². The third-order valence-electron chi connectivity index (χ3n) is 10.8. The summed E-state index contributed by atoms with van der Waals surface area (Å²) in [4.78, 5) is 10.3. The van der Waals surface area contributed by atoms with E-state index in [4.69, 9.17) is 9.97 Å². The molecule has 0 radical (unpaired) electrons. The second kappa shape index (κ2) is 11.6. The molecule has 2 atom stereocenters. The van der Waals surface area contributed by atoms with Crippen LogP contribution >= 0.6 is 0 Å². The first-order valence-corrected chi connectivity index (χ1v) is 17.7. The van der Waals surface area contributed by atoms with Crippen LogP contribution in [0.1, 0.15) is 23.7 Å². The van der Waals surface area contributed by atoms with Gasteiger partial charge in [0.25, 0.3) is 5.92 Å². The van der Waals surface area contributed by atoms with Crippen molar-refractivity contribution in [2.45, 2.75) is 12.8 Å². The Kier molecular flexibility index (Phi) is 6.84. The second-order valence-corrected chi connectivity index (χ2v) is 14.1. The summed E-state index contributed by atoms with van der Waals surface area (Å²) in [5.41, 5.74) is 8.96. The van der Waals surface area contributed by atoms with E-state index in [0.717, 1.165) is 55.4 Å². The van der Waals surface area contributed by atoms with Gasteiger partial charge in [0.2, 0.25) is 0 Å². The molecule has 3 aliphatic rings. The van der Waals surface area contributed by atoms with E-state index < -0.39 is 5.92 Å². The average molecular weight is 675 g/mol. The first-order valence-electron chi connectivity index (χ1n) is 17.7. The molecule has 2 nitrogen and oxygen atoms in total. The van der Waals surface area contributed by atoms with Gasteiger partial charge in [-0.05, 0) is 97.3 Å². The molecule has 10 rings (SSSR count). The summed E-state index contributed by atoms with van der Waals surface area (Å²) >= 11 is 0. The van der Waals surface area contributed by atoms with Gasteiger partial charge in [-0.2, -0.15) is 8.78 Å². The summed E-state index contributed by atoms with van der Waals surface area (Å²) in [6.07, 6.45) is 13.3. The molecule has 52 heavy (non-hydrogen) atoms. The quantitative estimate of drug-likeness (QED) is 0.186. The molecule has 7 aromatic rings. The Bertz CT molecular complexity index is 2750. The zero-order chi connectivity index (χ0) is 35.0. The number of alkyl halides is 2. The van der Waals surface area contributed by atoms with Crippen LogP contribution < -0.4 is 0 Å². The Labute approximate surface area is 300 Å². The van der Waals surface area contributed by atoms with Gasteiger partial charge >= 0.3 is 0 Å². The lowest BCUT2D eigenvalue weighted by atomic mass is 9.78. The Hall–Kier alpha value is -6.26. The minimum Gasteiger partial charge on any atom is -0.228 e. The summed E-state index contributed by atoms with van der Waals surface area (Å²) in [5, 5.41) is 4.37. The van der Waals surface area contributed by atoms with Gasteiger partial charge in [0.05, 0.1) is 11.4 Å². The van der Waals surface area contributed by atoms with Crippen LogP contribution in [0, 0.1) is 11.8 Å². The third kappa shape index (κ3) is 4.97. The average Bonchev–Trinajstić information content (AvgIpc) is 3.42. The highest BCUT2D eigenvalue weighted by molar-refractivity contribution is 5.92. The van der Waals surface area contributed by atoms with Crippen LogP contribution in [0.2, 0.25) is 0 Å². The molecule has 0 bridgehead atoms. The molecule has 0 aliphatic heterocycles. The van der Waals surface area contributed by atoms with E-state index in [9.17, 15) is 0 Å². The van der Waals surface area contributed by atoms with Crippen LogP contribution in [-0.4, -0.2) is 9.97 Å². The lowest BCUT2D eigenvalue weighted by Gasteiger charge is -2.27. The fourth-order valence-corrected chi connectivity index (χ4v) is 8.11. The van der Waals surface area contributed by atoms with Crippen LogP contribution in [0.15, 0.2) is 169 Å². The van der Waals surface area contributed by atoms with Crippen molar-refractivity contribution in [3.8, 4) is 44.9 Å². The number of rotatable bonds is 4. The maximum absolute atomic E-state index is 15.6. The molecular weight excluding hydrogens is 643 g/mol. The molecule has 2 unspecified atom stereocenters. The molecule has 248 valence electrons. The van der Waals surface area contributed by atoms with Crippen LogP contribution in [0.4, 0.5) is 8.78 Å². The van der Waals surface area contributed by atoms with Gasteiger partial charge < -0.3 is 0 Å². The SMILES string of the molecule is CC1C=C(c2cc(-c3ccc4ccc(-c5ccc6c(c5)C(F)(F)c5ccccc5-6)cc4c3)nc(-c3ccc4ccccc4c3)n2)C=C2C=CC=CC21. The first kappa shape index (κ1) is 30.6. The van der Waals surface area contributed by atoms with Crippen molar-refractivity contribution in [2.24, 2.45) is 11.8 Å². The number of benzene rings is 6. The zero-order valence-corrected chi connectivity index (χ0v) is 28.4. The van der Waals surface area contributed by atoms with Crippen molar-refractivity contribution in [2.75, 3.05) is 0 Å². The molecule has 3 aliphatic carbocycles. The molecule has 4 heteroatoms. The number of fused-ring (bicyclic) bond motifs is 6. The van der Waals surface area contributed by atoms with E-state index in [1.54, 1.807) is 18.2 Å². The highest BCUT2D eigenvalue weighted by Crippen LogP contribution is 2.51. The largest absolute Gasteiger partial charge is 0.299 e. The minimum absolute atomic E-state index is 0.0575. The predicted molar refractivity (Wildman–Crippen MR) is 209 cm³/mol. The van der Waals surface area contributed by atoms with Gasteiger partial charge in [0.1, 0.15) is 0 Å². The van der Waals surface area contributed by atoms with Crippen molar-refractivity contribution in [1.29, 1.82) is 0 Å². The summed E-state index contributed by atoms with van der Waals surface area (Å²) in [5.74, 6) is -1.69. The highest BCUT2D eigenvalue weighted by atomic mass is 19.3. The van der Waals surface area contributed by atoms with Crippen LogP contribution in [0.3, 0.4) is 0 Å². The molecule has 0 saturated heterocycles. The fraction of sp³-hybridized carbons (Fsp3) is 0.0833. The van der Waals surface area contributed by atoms with Crippen LogP contribution in [0.25, 0.3) is 72.0 Å². The van der Waals surface area contributed by atoms with Gasteiger partial charge in [-0.3, -0.25) is 0 Å². The van der Waals surface area contributed by atoms with Gasteiger partial charge in [0, 0.05) is 28.2 Å². The first-order chi connectivity index (χ1) is 25.4. The minimum atomic E-state index is -3.04. The molecular formula is C48H32F2N2. The molecule has 0 saturated carbocycles. The molecule has 0 fully saturated rings. The van der Waals surface area contributed by atoms with Crippen molar-refractivity contribution in [1.82, 2.24) is 9.97 Å². The molecule has 0 spiro atoms. The van der Waals surface area contributed by atoms with Gasteiger partial charge in [-0.1, -0.05) is 134 Å². The van der Waals surface area contributed by atoms with Gasteiger partial charge in [-0.15, -0.1) is 0 Å². The normalized spacial score (nSPS) is 18.1. The fourth-order valence-electron chi connectivity index (χ4n) is 8.11. The molecule has 0 N–H and O–H groups in total. The third-order valence-corrected chi connectivity index (χ3v) is 10.8.